The summed E-state index contributed by atoms with van der Waals surface area (Å²) in [7, 11) is 4.74. The van der Waals surface area contributed by atoms with Crippen molar-refractivity contribution in [2.45, 2.75) is 4.90 Å². The molecule has 0 saturated heterocycles. The van der Waals surface area contributed by atoms with Gasteiger partial charge in [-0.3, -0.25) is 4.90 Å². The van der Waals surface area contributed by atoms with E-state index < -0.39 is 6.09 Å². The Morgan fingerprint density at radius 3 is 2.71 bits per heavy atom. The number of ether oxygens (including phenoxy) is 1. The molecule has 0 aliphatic rings. The summed E-state index contributed by atoms with van der Waals surface area (Å²) >= 11 is 1.58. The zero-order valence-electron chi connectivity index (χ0n) is 8.19. The molecule has 0 bridgehead atoms. The van der Waals surface area contributed by atoms with Gasteiger partial charge in [-0.25, -0.2) is 4.79 Å². The van der Waals surface area contributed by atoms with Crippen LogP contribution in [0.3, 0.4) is 0 Å². The number of carbonyl (C=O) groups excluding carboxylic acids is 1. The fraction of sp³-hybridized carbons (Fsp3) is 0.200. The third kappa shape index (κ3) is 2.20. The highest BCUT2D eigenvalue weighted by Gasteiger charge is 2.13. The zero-order chi connectivity index (χ0) is 10.6. The Labute approximate surface area is 88.0 Å². The average molecular weight is 210 g/mol. The number of para-hydroxylation sites is 1. The first kappa shape index (κ1) is 10.9. The topological polar surface area (TPSA) is 29.5 Å². The average Bonchev–Trinajstić information content (AvgIpc) is 2.26. The van der Waals surface area contributed by atoms with Gasteiger partial charge in [0.1, 0.15) is 7.11 Å². The number of nitrogens with zero attached hydrogens (tertiary/aromatic N) is 1. The molecule has 0 unspecified atom stereocenters. The summed E-state index contributed by atoms with van der Waals surface area (Å²) in [6.45, 7) is 0. The van der Waals surface area contributed by atoms with Crippen LogP contribution >= 0.6 is 11.8 Å². The Balaban J connectivity index is 2.99. The summed E-state index contributed by atoms with van der Waals surface area (Å²) in [5, 5.41) is 0. The van der Waals surface area contributed by atoms with E-state index in [0.29, 0.717) is 0 Å². The Bertz CT molecular complexity index is 328. The largest absolute Gasteiger partial charge is 0.446 e. The van der Waals surface area contributed by atoms with E-state index in [9.17, 15) is 4.79 Å². The second-order valence-electron chi connectivity index (χ2n) is 2.64. The van der Waals surface area contributed by atoms with Crippen LogP contribution in [0.4, 0.5) is 10.5 Å². The van der Waals surface area contributed by atoms with Gasteiger partial charge in [-0.15, -0.1) is 11.8 Å². The molecule has 0 spiro atoms. The first-order chi connectivity index (χ1) is 6.70. The van der Waals surface area contributed by atoms with Gasteiger partial charge in [0.25, 0.3) is 0 Å². The van der Waals surface area contributed by atoms with Crippen LogP contribution in [0.15, 0.2) is 29.2 Å². The fourth-order valence-electron chi connectivity index (χ4n) is 1.10. The minimum Gasteiger partial charge on any atom is -0.446 e. The Morgan fingerprint density at radius 1 is 1.50 bits per heavy atom. The monoisotopic (exact) mass is 210 g/mol. The summed E-state index contributed by atoms with van der Waals surface area (Å²) in [6, 6.07) is 7.62. The molecule has 1 rings (SSSR count). The van der Waals surface area contributed by atoms with E-state index in [1.54, 1.807) is 18.8 Å². The number of thioether (sulfide) groups is 1. The van der Waals surface area contributed by atoms with Crippen LogP contribution in [0, 0.1) is 7.11 Å². The predicted molar refractivity (Wildman–Crippen MR) is 58.5 cm³/mol. The lowest BCUT2D eigenvalue weighted by Gasteiger charge is -2.17. The lowest BCUT2D eigenvalue weighted by atomic mass is 10.3. The van der Waals surface area contributed by atoms with Gasteiger partial charge in [0.2, 0.25) is 0 Å². The summed E-state index contributed by atoms with van der Waals surface area (Å²) in [6.07, 6.45) is 1.49. The number of hydrogen-bond donors (Lipinski definition) is 0. The highest BCUT2D eigenvalue weighted by molar-refractivity contribution is 7.98. The second kappa shape index (κ2) is 4.91. The minimum absolute atomic E-state index is 0.466. The SMILES string of the molecule is [CH2]OC(=O)N(C)c1ccccc1SC. The molecule has 1 radical (unpaired) electrons. The van der Waals surface area contributed by atoms with Crippen molar-refractivity contribution in [2.75, 3.05) is 18.2 Å². The number of amides is 1. The van der Waals surface area contributed by atoms with E-state index in [0.717, 1.165) is 10.6 Å². The van der Waals surface area contributed by atoms with E-state index in [1.807, 2.05) is 30.5 Å². The summed E-state index contributed by atoms with van der Waals surface area (Å²) in [5.41, 5.74) is 0.827. The van der Waals surface area contributed by atoms with Crippen molar-refractivity contribution >= 4 is 23.5 Å². The molecule has 75 valence electrons. The quantitative estimate of drug-likeness (QED) is 0.703. The molecule has 14 heavy (non-hydrogen) atoms. The first-order valence-corrected chi connectivity index (χ1v) is 5.26. The zero-order valence-corrected chi connectivity index (χ0v) is 9.00. The van der Waals surface area contributed by atoms with Gasteiger partial charge >= 0.3 is 6.09 Å². The maximum absolute atomic E-state index is 11.2. The molecular formula is C10H12NO2S. The minimum atomic E-state index is -0.466. The van der Waals surface area contributed by atoms with Crippen molar-refractivity contribution in [3.63, 3.8) is 0 Å². The number of hydrogen-bond acceptors (Lipinski definition) is 3. The van der Waals surface area contributed by atoms with Crippen molar-refractivity contribution in [1.29, 1.82) is 0 Å². The van der Waals surface area contributed by atoms with Crippen LogP contribution < -0.4 is 4.90 Å². The number of carbonyl (C=O) groups is 1. The standard InChI is InChI=1S/C10H12NO2S/c1-11(10(12)13-2)8-6-4-5-7-9(8)14-3/h4-7H,2H2,1,3H3. The van der Waals surface area contributed by atoms with Gasteiger partial charge in [-0.05, 0) is 18.4 Å². The maximum Gasteiger partial charge on any atom is 0.414 e. The summed E-state index contributed by atoms with van der Waals surface area (Å²) < 4.78 is 4.39. The van der Waals surface area contributed by atoms with E-state index in [1.165, 1.54) is 4.90 Å². The van der Waals surface area contributed by atoms with Crippen LogP contribution in [-0.4, -0.2) is 19.4 Å². The lowest BCUT2D eigenvalue weighted by Crippen LogP contribution is -2.25. The molecule has 3 nitrogen and oxygen atoms in total. The number of benzene rings is 1. The molecule has 0 saturated carbocycles. The van der Waals surface area contributed by atoms with Gasteiger partial charge in [0.15, 0.2) is 0 Å². The van der Waals surface area contributed by atoms with Gasteiger partial charge in [-0.1, -0.05) is 12.1 Å². The van der Waals surface area contributed by atoms with Crippen molar-refractivity contribution in [2.24, 2.45) is 0 Å². The fourth-order valence-corrected chi connectivity index (χ4v) is 1.73. The summed E-state index contributed by atoms with van der Waals surface area (Å²) in [4.78, 5) is 13.7. The smallest absolute Gasteiger partial charge is 0.414 e. The van der Waals surface area contributed by atoms with E-state index in [-0.39, 0.29) is 0 Å². The van der Waals surface area contributed by atoms with Gasteiger partial charge in [0, 0.05) is 11.9 Å². The highest BCUT2D eigenvalue weighted by Crippen LogP contribution is 2.27. The second-order valence-corrected chi connectivity index (χ2v) is 3.49. The van der Waals surface area contributed by atoms with Crippen LogP contribution in [0.1, 0.15) is 0 Å². The van der Waals surface area contributed by atoms with Crippen molar-refractivity contribution in [3.05, 3.63) is 31.4 Å². The van der Waals surface area contributed by atoms with E-state index in [4.69, 9.17) is 0 Å². The Hall–Kier alpha value is -1.16. The molecule has 0 N–H and O–H groups in total. The van der Waals surface area contributed by atoms with Crippen LogP contribution in [0.2, 0.25) is 0 Å². The molecule has 0 aromatic heterocycles. The Morgan fingerprint density at radius 2 is 2.14 bits per heavy atom. The number of rotatable bonds is 2. The normalized spacial score (nSPS) is 9.64. The van der Waals surface area contributed by atoms with Crippen LogP contribution in [0.5, 0.6) is 0 Å². The Kier molecular flexibility index (Phi) is 3.83. The lowest BCUT2D eigenvalue weighted by molar-refractivity contribution is 0.192. The molecule has 0 aliphatic carbocycles. The number of anilines is 1. The van der Waals surface area contributed by atoms with E-state index >= 15 is 0 Å². The molecule has 1 amide bonds. The van der Waals surface area contributed by atoms with Gasteiger partial charge < -0.3 is 4.74 Å². The predicted octanol–water partition coefficient (Wildman–Crippen LogP) is 2.77. The highest BCUT2D eigenvalue weighted by atomic mass is 32.2. The van der Waals surface area contributed by atoms with E-state index in [2.05, 4.69) is 11.8 Å². The summed E-state index contributed by atoms with van der Waals surface area (Å²) in [5.74, 6) is 0. The van der Waals surface area contributed by atoms with Gasteiger partial charge in [0.05, 0.1) is 5.69 Å². The first-order valence-electron chi connectivity index (χ1n) is 4.03. The third-order valence-electron chi connectivity index (χ3n) is 1.84. The molecular weight excluding hydrogens is 198 g/mol. The molecule has 1 aromatic rings. The molecule has 4 heteroatoms. The molecule has 0 heterocycles. The van der Waals surface area contributed by atoms with Crippen molar-refractivity contribution in [3.8, 4) is 0 Å². The molecule has 0 atom stereocenters. The van der Waals surface area contributed by atoms with Gasteiger partial charge in [-0.2, -0.15) is 0 Å². The van der Waals surface area contributed by atoms with Crippen molar-refractivity contribution in [1.82, 2.24) is 0 Å². The third-order valence-corrected chi connectivity index (χ3v) is 2.63. The molecule has 0 aliphatic heterocycles. The molecule has 1 aromatic carbocycles. The van der Waals surface area contributed by atoms with Crippen LogP contribution in [-0.2, 0) is 4.74 Å². The van der Waals surface area contributed by atoms with Crippen LogP contribution in [0.25, 0.3) is 0 Å². The maximum atomic E-state index is 11.2. The van der Waals surface area contributed by atoms with Crippen molar-refractivity contribution < 1.29 is 9.53 Å². The molecule has 0 fully saturated rings.